The first kappa shape index (κ1) is 10.2. The molecule has 1 N–H and O–H groups in total. The molecule has 0 bridgehead atoms. The van der Waals surface area contributed by atoms with Crippen molar-refractivity contribution in [1.82, 2.24) is 5.32 Å². The molecule has 1 aromatic rings. The number of halogens is 1. The number of hydrogen-bond donors (Lipinski definition) is 1. The smallest absolute Gasteiger partial charge is 0.123 e. The zero-order valence-electron chi connectivity index (χ0n) is 9.21. The van der Waals surface area contributed by atoms with Crippen LogP contribution in [0.15, 0.2) is 24.3 Å². The van der Waals surface area contributed by atoms with Gasteiger partial charge in [0.05, 0.1) is 13.2 Å². The van der Waals surface area contributed by atoms with E-state index in [1.165, 1.54) is 12.0 Å². The Morgan fingerprint density at radius 1 is 1.25 bits per heavy atom. The molecule has 2 aliphatic rings. The Balaban J connectivity index is 1.91. The number of benzene rings is 1. The highest BCUT2D eigenvalue weighted by molar-refractivity contribution is 5.30. The van der Waals surface area contributed by atoms with E-state index in [0.29, 0.717) is 5.92 Å². The summed E-state index contributed by atoms with van der Waals surface area (Å²) in [6.07, 6.45) is 1.20. The molecule has 0 saturated carbocycles. The van der Waals surface area contributed by atoms with Gasteiger partial charge in [0, 0.05) is 5.41 Å². The molecule has 1 aromatic carbocycles. The largest absolute Gasteiger partial charge is 0.379 e. The molecule has 0 radical (unpaired) electrons. The zero-order valence-corrected chi connectivity index (χ0v) is 9.21. The molecule has 0 amide bonds. The van der Waals surface area contributed by atoms with Gasteiger partial charge in [-0.15, -0.1) is 0 Å². The first-order valence-corrected chi connectivity index (χ1v) is 5.86. The molecule has 1 unspecified atom stereocenters. The molecule has 1 atom stereocenters. The summed E-state index contributed by atoms with van der Waals surface area (Å²) in [7, 11) is 0. The molecule has 2 saturated heterocycles. The number of nitrogens with one attached hydrogen (secondary N) is 1. The first-order valence-electron chi connectivity index (χ1n) is 5.86. The highest BCUT2D eigenvalue weighted by atomic mass is 19.1. The fourth-order valence-electron chi connectivity index (χ4n) is 2.87. The van der Waals surface area contributed by atoms with Gasteiger partial charge in [-0.1, -0.05) is 12.1 Å². The van der Waals surface area contributed by atoms with Crippen molar-refractivity contribution in [2.45, 2.75) is 11.8 Å². The SMILES string of the molecule is Fc1ccc(C2(C3CCNC3)COC2)cc1. The standard InChI is InChI=1S/C13H16FNO/c14-12-3-1-10(2-4-12)13(8-16-9-13)11-5-6-15-7-11/h1-4,11,15H,5-9H2. The maximum Gasteiger partial charge on any atom is 0.123 e. The van der Waals surface area contributed by atoms with Crippen molar-refractivity contribution in [1.29, 1.82) is 0 Å². The zero-order chi connectivity index (χ0) is 11.0. The quantitative estimate of drug-likeness (QED) is 0.820. The Hall–Kier alpha value is -0.930. The van der Waals surface area contributed by atoms with Crippen molar-refractivity contribution in [3.63, 3.8) is 0 Å². The fraction of sp³-hybridized carbons (Fsp3) is 0.538. The Bertz CT molecular complexity index is 366. The van der Waals surface area contributed by atoms with Gasteiger partial charge in [-0.25, -0.2) is 4.39 Å². The van der Waals surface area contributed by atoms with E-state index < -0.39 is 0 Å². The highest BCUT2D eigenvalue weighted by Gasteiger charge is 2.47. The average Bonchev–Trinajstić information content (AvgIpc) is 2.73. The van der Waals surface area contributed by atoms with E-state index in [0.717, 1.165) is 26.3 Å². The summed E-state index contributed by atoms with van der Waals surface area (Å²) in [5.74, 6) is 0.468. The molecule has 3 heteroatoms. The van der Waals surface area contributed by atoms with Crippen molar-refractivity contribution >= 4 is 0 Å². The van der Waals surface area contributed by atoms with Gasteiger partial charge in [0.2, 0.25) is 0 Å². The van der Waals surface area contributed by atoms with Crippen molar-refractivity contribution in [2.75, 3.05) is 26.3 Å². The van der Waals surface area contributed by atoms with Gasteiger partial charge in [-0.05, 0) is 43.1 Å². The van der Waals surface area contributed by atoms with Crippen LogP contribution in [-0.4, -0.2) is 26.3 Å². The van der Waals surface area contributed by atoms with E-state index in [2.05, 4.69) is 5.32 Å². The van der Waals surface area contributed by atoms with Gasteiger partial charge in [-0.2, -0.15) is 0 Å². The predicted molar refractivity (Wildman–Crippen MR) is 59.9 cm³/mol. The third-order valence-corrected chi connectivity index (χ3v) is 3.98. The number of rotatable bonds is 2. The molecule has 2 fully saturated rings. The Morgan fingerprint density at radius 3 is 2.50 bits per heavy atom. The van der Waals surface area contributed by atoms with Crippen molar-refractivity contribution in [3.05, 3.63) is 35.6 Å². The third-order valence-electron chi connectivity index (χ3n) is 3.98. The van der Waals surface area contributed by atoms with Crippen LogP contribution in [0.3, 0.4) is 0 Å². The lowest BCUT2D eigenvalue weighted by Gasteiger charge is -2.46. The normalized spacial score (nSPS) is 27.7. The molecule has 0 spiro atoms. The van der Waals surface area contributed by atoms with Crippen LogP contribution in [0.2, 0.25) is 0 Å². The summed E-state index contributed by atoms with van der Waals surface area (Å²) >= 11 is 0. The second kappa shape index (κ2) is 3.82. The summed E-state index contributed by atoms with van der Waals surface area (Å²) < 4.78 is 18.3. The second-order valence-corrected chi connectivity index (χ2v) is 4.85. The third kappa shape index (κ3) is 1.46. The summed E-state index contributed by atoms with van der Waals surface area (Å²) in [5.41, 5.74) is 1.37. The van der Waals surface area contributed by atoms with Gasteiger partial charge in [0.25, 0.3) is 0 Å². The van der Waals surface area contributed by atoms with Crippen molar-refractivity contribution < 1.29 is 9.13 Å². The van der Waals surface area contributed by atoms with Crippen LogP contribution >= 0.6 is 0 Å². The maximum atomic E-state index is 12.9. The van der Waals surface area contributed by atoms with E-state index in [9.17, 15) is 4.39 Å². The van der Waals surface area contributed by atoms with Gasteiger partial charge >= 0.3 is 0 Å². The van der Waals surface area contributed by atoms with E-state index in [-0.39, 0.29) is 11.2 Å². The summed E-state index contributed by atoms with van der Waals surface area (Å²) in [5, 5.41) is 3.40. The monoisotopic (exact) mass is 221 g/mol. The van der Waals surface area contributed by atoms with Crippen LogP contribution in [0.1, 0.15) is 12.0 Å². The molecule has 0 aromatic heterocycles. The minimum absolute atomic E-state index is 0.136. The van der Waals surface area contributed by atoms with E-state index in [1.807, 2.05) is 12.1 Å². The first-order chi connectivity index (χ1) is 7.81. The predicted octanol–water partition coefficient (Wildman–Crippen LogP) is 1.70. The Kier molecular flexibility index (Phi) is 2.45. The lowest BCUT2D eigenvalue weighted by atomic mass is 9.68. The van der Waals surface area contributed by atoms with Crippen molar-refractivity contribution in [3.8, 4) is 0 Å². The molecule has 2 heterocycles. The molecular formula is C13H16FNO. The minimum atomic E-state index is -0.163. The van der Waals surface area contributed by atoms with Crippen molar-refractivity contribution in [2.24, 2.45) is 5.92 Å². The van der Waals surface area contributed by atoms with Crippen LogP contribution in [0.5, 0.6) is 0 Å². The van der Waals surface area contributed by atoms with E-state index in [1.54, 1.807) is 12.1 Å². The summed E-state index contributed by atoms with van der Waals surface area (Å²) in [6, 6.07) is 6.93. The highest BCUT2D eigenvalue weighted by Crippen LogP contribution is 2.42. The molecule has 86 valence electrons. The van der Waals surface area contributed by atoms with Gasteiger partial charge in [0.1, 0.15) is 5.82 Å². The van der Waals surface area contributed by atoms with E-state index in [4.69, 9.17) is 4.74 Å². The lowest BCUT2D eigenvalue weighted by Crippen LogP contribution is -2.53. The molecule has 2 nitrogen and oxygen atoms in total. The van der Waals surface area contributed by atoms with E-state index >= 15 is 0 Å². The van der Waals surface area contributed by atoms with Crippen LogP contribution in [0, 0.1) is 11.7 Å². The molecule has 3 rings (SSSR count). The van der Waals surface area contributed by atoms with Crippen LogP contribution < -0.4 is 5.32 Å². The molecular weight excluding hydrogens is 205 g/mol. The van der Waals surface area contributed by atoms with Gasteiger partial charge < -0.3 is 10.1 Å². The van der Waals surface area contributed by atoms with Crippen LogP contribution in [-0.2, 0) is 10.2 Å². The molecule has 2 aliphatic heterocycles. The maximum absolute atomic E-state index is 12.9. The van der Waals surface area contributed by atoms with Gasteiger partial charge in [0.15, 0.2) is 0 Å². The minimum Gasteiger partial charge on any atom is -0.379 e. The number of ether oxygens (including phenoxy) is 1. The molecule has 0 aliphatic carbocycles. The summed E-state index contributed by atoms with van der Waals surface area (Å²) in [4.78, 5) is 0. The lowest BCUT2D eigenvalue weighted by molar-refractivity contribution is -0.0869. The van der Waals surface area contributed by atoms with Gasteiger partial charge in [-0.3, -0.25) is 0 Å². The Labute approximate surface area is 94.8 Å². The second-order valence-electron chi connectivity index (χ2n) is 4.85. The topological polar surface area (TPSA) is 21.3 Å². The summed E-state index contributed by atoms with van der Waals surface area (Å²) in [6.45, 7) is 3.71. The Morgan fingerprint density at radius 2 is 2.00 bits per heavy atom. The fourth-order valence-corrected chi connectivity index (χ4v) is 2.87. The van der Waals surface area contributed by atoms with Crippen LogP contribution in [0.4, 0.5) is 4.39 Å². The van der Waals surface area contributed by atoms with Crippen LogP contribution in [0.25, 0.3) is 0 Å². The average molecular weight is 221 g/mol. The molecule has 16 heavy (non-hydrogen) atoms. The number of hydrogen-bond acceptors (Lipinski definition) is 2.